The van der Waals surface area contributed by atoms with Gasteiger partial charge in [-0.2, -0.15) is 0 Å². The first kappa shape index (κ1) is 16.6. The Kier molecular flexibility index (Phi) is 5.88. The number of nitrogens with one attached hydrogen (secondary N) is 1. The van der Waals surface area contributed by atoms with Crippen molar-refractivity contribution in [1.29, 1.82) is 0 Å². The molecule has 0 saturated carbocycles. The van der Waals surface area contributed by atoms with Crippen LogP contribution in [0.4, 0.5) is 0 Å². The lowest BCUT2D eigenvalue weighted by molar-refractivity contribution is 0.224. The Balaban J connectivity index is 1.80. The topological polar surface area (TPSA) is 28.4 Å². The van der Waals surface area contributed by atoms with Gasteiger partial charge in [-0.25, -0.2) is 0 Å². The van der Waals surface area contributed by atoms with Gasteiger partial charge in [0.25, 0.3) is 0 Å². The third-order valence-corrected chi connectivity index (χ3v) is 4.97. The van der Waals surface area contributed by atoms with Crippen molar-refractivity contribution in [2.24, 2.45) is 11.3 Å². The van der Waals surface area contributed by atoms with Gasteiger partial charge in [0, 0.05) is 6.54 Å². The maximum Gasteiger partial charge on any atom is 0.118 e. The first-order valence-corrected chi connectivity index (χ1v) is 8.57. The molecule has 1 aliphatic heterocycles. The van der Waals surface area contributed by atoms with Crippen molar-refractivity contribution in [2.45, 2.75) is 60.0 Å². The van der Waals surface area contributed by atoms with Crippen LogP contribution in [0, 0.1) is 11.3 Å². The van der Waals surface area contributed by atoms with Crippen molar-refractivity contribution >= 4 is 0 Å². The van der Waals surface area contributed by atoms with E-state index in [4.69, 9.17) is 4.42 Å². The van der Waals surface area contributed by atoms with Crippen LogP contribution < -0.4 is 5.32 Å². The standard InChI is InChI=1S/C18H32N2O/c1-5-18(6-2)9-10-20(14-18)13-17-8-7-16(21-17)12-19-11-15(3)4/h7-8,15,19H,5-6,9-14H2,1-4H3. The van der Waals surface area contributed by atoms with Crippen molar-refractivity contribution in [1.82, 2.24) is 10.2 Å². The highest BCUT2D eigenvalue weighted by Crippen LogP contribution is 2.37. The average Bonchev–Trinajstić information content (AvgIpc) is 3.07. The van der Waals surface area contributed by atoms with Gasteiger partial charge >= 0.3 is 0 Å². The SMILES string of the molecule is CCC1(CC)CCN(Cc2ccc(CNCC(C)C)o2)C1. The van der Waals surface area contributed by atoms with Crippen LogP contribution in [0.15, 0.2) is 16.5 Å². The Bertz CT molecular complexity index is 421. The molecule has 0 atom stereocenters. The zero-order chi connectivity index (χ0) is 15.3. The molecule has 21 heavy (non-hydrogen) atoms. The minimum atomic E-state index is 0.550. The normalized spacial score (nSPS) is 18.7. The second-order valence-corrected chi connectivity index (χ2v) is 7.06. The van der Waals surface area contributed by atoms with Gasteiger partial charge in [-0.1, -0.05) is 27.7 Å². The average molecular weight is 292 g/mol. The highest BCUT2D eigenvalue weighted by molar-refractivity contribution is 5.07. The second-order valence-electron chi connectivity index (χ2n) is 7.06. The summed E-state index contributed by atoms with van der Waals surface area (Å²) in [5.41, 5.74) is 0.550. The predicted molar refractivity (Wildman–Crippen MR) is 88.2 cm³/mol. The largest absolute Gasteiger partial charge is 0.463 e. The summed E-state index contributed by atoms with van der Waals surface area (Å²) in [5, 5.41) is 3.43. The van der Waals surface area contributed by atoms with Crippen molar-refractivity contribution in [2.75, 3.05) is 19.6 Å². The summed E-state index contributed by atoms with van der Waals surface area (Å²) in [5.74, 6) is 2.85. The van der Waals surface area contributed by atoms with E-state index < -0.39 is 0 Å². The molecule has 1 fully saturated rings. The second kappa shape index (κ2) is 7.46. The number of likely N-dealkylation sites (tertiary alicyclic amines) is 1. The molecule has 1 aromatic rings. The van der Waals surface area contributed by atoms with E-state index >= 15 is 0 Å². The van der Waals surface area contributed by atoms with Gasteiger partial charge in [-0.05, 0) is 55.8 Å². The van der Waals surface area contributed by atoms with E-state index in [-0.39, 0.29) is 0 Å². The van der Waals surface area contributed by atoms with Crippen molar-refractivity contribution in [3.05, 3.63) is 23.7 Å². The Morgan fingerprint density at radius 2 is 1.95 bits per heavy atom. The predicted octanol–water partition coefficient (Wildman–Crippen LogP) is 4.04. The van der Waals surface area contributed by atoms with Crippen LogP contribution in [0.1, 0.15) is 58.5 Å². The van der Waals surface area contributed by atoms with Crippen LogP contribution >= 0.6 is 0 Å². The molecule has 0 radical (unpaired) electrons. The molecule has 0 spiro atoms. The molecule has 3 heteroatoms. The summed E-state index contributed by atoms with van der Waals surface area (Å²) >= 11 is 0. The molecule has 1 aromatic heterocycles. The fourth-order valence-corrected chi connectivity index (χ4v) is 3.30. The van der Waals surface area contributed by atoms with E-state index in [1.807, 2.05) is 0 Å². The molecular weight excluding hydrogens is 260 g/mol. The summed E-state index contributed by atoms with van der Waals surface area (Å²) in [6.07, 6.45) is 3.93. The van der Waals surface area contributed by atoms with Crippen LogP contribution in [-0.2, 0) is 13.1 Å². The van der Waals surface area contributed by atoms with Gasteiger partial charge < -0.3 is 9.73 Å². The Morgan fingerprint density at radius 3 is 2.57 bits per heavy atom. The van der Waals surface area contributed by atoms with Gasteiger partial charge in [0.1, 0.15) is 11.5 Å². The molecular formula is C18H32N2O. The number of furan rings is 1. The molecule has 0 bridgehead atoms. The molecule has 0 amide bonds. The van der Waals surface area contributed by atoms with Gasteiger partial charge in [-0.15, -0.1) is 0 Å². The third-order valence-electron chi connectivity index (χ3n) is 4.97. The molecule has 1 aliphatic rings. The lowest BCUT2D eigenvalue weighted by atomic mass is 9.82. The molecule has 1 N–H and O–H groups in total. The highest BCUT2D eigenvalue weighted by Gasteiger charge is 2.34. The molecule has 0 unspecified atom stereocenters. The van der Waals surface area contributed by atoms with Crippen molar-refractivity contribution in [3.8, 4) is 0 Å². The molecule has 2 rings (SSSR count). The van der Waals surface area contributed by atoms with Crippen LogP contribution in [-0.4, -0.2) is 24.5 Å². The number of nitrogens with zero attached hydrogens (tertiary/aromatic N) is 1. The fourth-order valence-electron chi connectivity index (χ4n) is 3.30. The Labute approximate surface area is 130 Å². The maximum atomic E-state index is 5.96. The molecule has 0 aromatic carbocycles. The smallest absolute Gasteiger partial charge is 0.118 e. The zero-order valence-electron chi connectivity index (χ0n) is 14.2. The summed E-state index contributed by atoms with van der Waals surface area (Å²) in [7, 11) is 0. The van der Waals surface area contributed by atoms with Crippen LogP contribution in [0.3, 0.4) is 0 Å². The molecule has 1 saturated heterocycles. The van der Waals surface area contributed by atoms with E-state index in [9.17, 15) is 0 Å². The number of hydrogen-bond donors (Lipinski definition) is 1. The van der Waals surface area contributed by atoms with E-state index in [0.717, 1.165) is 31.2 Å². The molecule has 2 heterocycles. The summed E-state index contributed by atoms with van der Waals surface area (Å²) < 4.78 is 5.96. The minimum Gasteiger partial charge on any atom is -0.463 e. The quantitative estimate of drug-likeness (QED) is 0.784. The first-order chi connectivity index (χ1) is 10.1. The number of hydrogen-bond acceptors (Lipinski definition) is 3. The lowest BCUT2D eigenvalue weighted by Gasteiger charge is -2.26. The Morgan fingerprint density at radius 1 is 1.24 bits per heavy atom. The zero-order valence-corrected chi connectivity index (χ0v) is 14.2. The lowest BCUT2D eigenvalue weighted by Crippen LogP contribution is -2.25. The van der Waals surface area contributed by atoms with Gasteiger partial charge in [0.15, 0.2) is 0 Å². The van der Waals surface area contributed by atoms with E-state index in [1.54, 1.807) is 0 Å². The third kappa shape index (κ3) is 4.58. The van der Waals surface area contributed by atoms with Gasteiger partial charge in [0.05, 0.1) is 13.1 Å². The fraction of sp³-hybridized carbons (Fsp3) is 0.778. The van der Waals surface area contributed by atoms with E-state index in [2.05, 4.69) is 50.0 Å². The van der Waals surface area contributed by atoms with Gasteiger partial charge in [0.2, 0.25) is 0 Å². The van der Waals surface area contributed by atoms with Crippen LogP contribution in [0.25, 0.3) is 0 Å². The molecule has 120 valence electrons. The summed E-state index contributed by atoms with van der Waals surface area (Å²) in [4.78, 5) is 2.55. The molecule has 0 aliphatic carbocycles. The maximum absolute atomic E-state index is 5.96. The Hall–Kier alpha value is -0.800. The van der Waals surface area contributed by atoms with Crippen LogP contribution in [0.2, 0.25) is 0 Å². The van der Waals surface area contributed by atoms with Crippen molar-refractivity contribution in [3.63, 3.8) is 0 Å². The van der Waals surface area contributed by atoms with E-state index in [1.165, 1.54) is 32.4 Å². The van der Waals surface area contributed by atoms with Crippen molar-refractivity contribution < 1.29 is 4.42 Å². The van der Waals surface area contributed by atoms with Gasteiger partial charge in [-0.3, -0.25) is 4.90 Å². The monoisotopic (exact) mass is 292 g/mol. The molecule has 3 nitrogen and oxygen atoms in total. The summed E-state index contributed by atoms with van der Waals surface area (Å²) in [6.45, 7) is 14.4. The first-order valence-electron chi connectivity index (χ1n) is 8.57. The summed E-state index contributed by atoms with van der Waals surface area (Å²) in [6, 6.07) is 4.26. The van der Waals surface area contributed by atoms with Crippen LogP contribution in [0.5, 0.6) is 0 Å². The number of rotatable bonds is 8. The highest BCUT2D eigenvalue weighted by atomic mass is 16.3. The minimum absolute atomic E-state index is 0.550. The van der Waals surface area contributed by atoms with E-state index in [0.29, 0.717) is 11.3 Å².